The minimum atomic E-state index is -0.517. The van der Waals surface area contributed by atoms with Gasteiger partial charge in [0.15, 0.2) is 0 Å². The van der Waals surface area contributed by atoms with Crippen molar-refractivity contribution in [1.29, 1.82) is 0 Å². The first kappa shape index (κ1) is 13.5. The Kier molecular flexibility index (Phi) is 3.08. The van der Waals surface area contributed by atoms with Gasteiger partial charge in [0.25, 0.3) is 0 Å². The Hall–Kier alpha value is -2.50. The van der Waals surface area contributed by atoms with Gasteiger partial charge < -0.3 is 0 Å². The normalized spacial score (nSPS) is 25.2. The van der Waals surface area contributed by atoms with Crippen molar-refractivity contribution in [3.05, 3.63) is 34.9 Å². The minimum Gasteiger partial charge on any atom is -0.296 e. The summed E-state index contributed by atoms with van der Waals surface area (Å²) in [5.74, 6) is -2.24. The van der Waals surface area contributed by atoms with E-state index in [9.17, 15) is 19.2 Å². The number of benzene rings is 1. The number of hydrogen-bond acceptors (Lipinski definition) is 4. The Bertz CT molecular complexity index is 680. The molecule has 108 valence electrons. The highest BCUT2D eigenvalue weighted by Gasteiger charge is 2.35. The number of carbonyl (C=O) groups excluding carboxylic acids is 4. The van der Waals surface area contributed by atoms with Crippen molar-refractivity contribution in [2.24, 2.45) is 0 Å². The predicted molar refractivity (Wildman–Crippen MR) is 72.2 cm³/mol. The number of rotatable bonds is 2. The summed E-state index contributed by atoms with van der Waals surface area (Å²) >= 11 is 0. The van der Waals surface area contributed by atoms with Crippen molar-refractivity contribution < 1.29 is 19.2 Å². The zero-order chi connectivity index (χ0) is 15.1. The van der Waals surface area contributed by atoms with Gasteiger partial charge in [-0.15, -0.1) is 0 Å². The Morgan fingerprint density at radius 2 is 1.48 bits per heavy atom. The highest BCUT2D eigenvalue weighted by atomic mass is 16.2. The van der Waals surface area contributed by atoms with Gasteiger partial charge in [-0.25, -0.2) is 0 Å². The van der Waals surface area contributed by atoms with Crippen molar-refractivity contribution in [3.63, 3.8) is 0 Å². The number of amides is 4. The maximum atomic E-state index is 11.8. The van der Waals surface area contributed by atoms with Crippen LogP contribution in [0.3, 0.4) is 0 Å². The number of nitrogens with one attached hydrogen (secondary N) is 2. The van der Waals surface area contributed by atoms with Gasteiger partial charge in [-0.3, -0.25) is 29.8 Å². The van der Waals surface area contributed by atoms with Crippen molar-refractivity contribution in [1.82, 2.24) is 10.6 Å². The molecule has 2 fully saturated rings. The van der Waals surface area contributed by atoms with Crippen LogP contribution in [0.15, 0.2) is 18.2 Å². The fraction of sp³-hybridized carbons (Fsp3) is 0.333. The molecule has 2 heterocycles. The Labute approximate surface area is 120 Å². The molecule has 2 atom stereocenters. The lowest BCUT2D eigenvalue weighted by Gasteiger charge is -2.14. The summed E-state index contributed by atoms with van der Waals surface area (Å²) in [4.78, 5) is 46.2. The smallest absolute Gasteiger partial charge is 0.234 e. The zero-order valence-corrected chi connectivity index (χ0v) is 11.4. The maximum absolute atomic E-state index is 11.8. The van der Waals surface area contributed by atoms with Crippen LogP contribution in [0.25, 0.3) is 0 Å². The summed E-state index contributed by atoms with van der Waals surface area (Å²) in [7, 11) is 0. The second-order valence-corrected chi connectivity index (χ2v) is 5.45. The van der Waals surface area contributed by atoms with E-state index in [0.717, 1.165) is 11.1 Å². The molecule has 2 saturated heterocycles. The molecule has 2 aliphatic rings. The standard InChI is InChI=1S/C15H14N2O4/c1-7-2-3-8(10-5-12(18)16-14(10)20)4-9(7)11-6-13(19)17-15(11)21/h2-4,10-11H,5-6H2,1H3,(H,16,18,20)(H,17,19,21). The second-order valence-electron chi connectivity index (χ2n) is 5.45. The van der Waals surface area contributed by atoms with Crippen LogP contribution in [0, 0.1) is 6.92 Å². The third-order valence-corrected chi connectivity index (χ3v) is 4.02. The van der Waals surface area contributed by atoms with E-state index in [1.165, 1.54) is 0 Å². The third-order valence-electron chi connectivity index (χ3n) is 4.02. The number of imide groups is 2. The topological polar surface area (TPSA) is 92.3 Å². The molecule has 21 heavy (non-hydrogen) atoms. The molecule has 0 aliphatic carbocycles. The van der Waals surface area contributed by atoms with Crippen LogP contribution in [0.1, 0.15) is 41.4 Å². The lowest BCUT2D eigenvalue weighted by Crippen LogP contribution is -2.22. The molecule has 3 rings (SSSR count). The highest BCUT2D eigenvalue weighted by molar-refractivity contribution is 6.07. The summed E-state index contributed by atoms with van der Waals surface area (Å²) in [6.07, 6.45) is 0.246. The first-order valence-electron chi connectivity index (χ1n) is 6.73. The van der Waals surface area contributed by atoms with Crippen LogP contribution in [0.5, 0.6) is 0 Å². The molecule has 2 N–H and O–H groups in total. The van der Waals surface area contributed by atoms with Gasteiger partial charge in [-0.05, 0) is 23.6 Å². The van der Waals surface area contributed by atoms with Gasteiger partial charge >= 0.3 is 0 Å². The average Bonchev–Trinajstić information content (AvgIpc) is 2.92. The van der Waals surface area contributed by atoms with Gasteiger partial charge in [0, 0.05) is 12.8 Å². The number of hydrogen-bond donors (Lipinski definition) is 2. The van der Waals surface area contributed by atoms with E-state index in [-0.39, 0.29) is 36.5 Å². The van der Waals surface area contributed by atoms with Gasteiger partial charge in [0.1, 0.15) is 0 Å². The van der Waals surface area contributed by atoms with E-state index in [1.54, 1.807) is 12.1 Å². The first-order valence-corrected chi connectivity index (χ1v) is 6.73. The molecule has 0 saturated carbocycles. The SMILES string of the molecule is Cc1ccc(C2CC(=O)NC2=O)cc1C1CC(=O)NC1=O. The Morgan fingerprint density at radius 1 is 0.905 bits per heavy atom. The van der Waals surface area contributed by atoms with Crippen molar-refractivity contribution in [3.8, 4) is 0 Å². The molecule has 1 aromatic carbocycles. The van der Waals surface area contributed by atoms with Crippen LogP contribution in [0.4, 0.5) is 0 Å². The van der Waals surface area contributed by atoms with E-state index in [1.807, 2.05) is 13.0 Å². The molecule has 0 aromatic heterocycles. The molecule has 6 heteroatoms. The molecule has 1 aromatic rings. The summed E-state index contributed by atoms with van der Waals surface area (Å²) in [6, 6.07) is 5.37. The van der Waals surface area contributed by atoms with E-state index in [4.69, 9.17) is 0 Å². The fourth-order valence-corrected chi connectivity index (χ4v) is 2.88. The molecule has 6 nitrogen and oxygen atoms in total. The lowest BCUT2D eigenvalue weighted by molar-refractivity contribution is -0.126. The molecule has 0 spiro atoms. The summed E-state index contributed by atoms with van der Waals surface area (Å²) in [5, 5.41) is 4.56. The van der Waals surface area contributed by atoms with E-state index in [2.05, 4.69) is 10.6 Å². The Morgan fingerprint density at radius 3 is 2.00 bits per heavy atom. The number of carbonyl (C=O) groups is 4. The maximum Gasteiger partial charge on any atom is 0.234 e. The molecule has 4 amide bonds. The molecular weight excluding hydrogens is 272 g/mol. The zero-order valence-electron chi connectivity index (χ0n) is 11.4. The highest BCUT2D eigenvalue weighted by Crippen LogP contribution is 2.32. The molecule has 0 bridgehead atoms. The van der Waals surface area contributed by atoms with Crippen LogP contribution in [-0.2, 0) is 19.2 Å². The molecule has 2 unspecified atom stereocenters. The molecular formula is C15H14N2O4. The third kappa shape index (κ3) is 2.33. The lowest BCUT2D eigenvalue weighted by atomic mass is 9.88. The minimum absolute atomic E-state index is 0.122. The van der Waals surface area contributed by atoms with Crippen molar-refractivity contribution in [2.45, 2.75) is 31.6 Å². The second kappa shape index (κ2) is 4.80. The van der Waals surface area contributed by atoms with E-state index >= 15 is 0 Å². The monoisotopic (exact) mass is 286 g/mol. The van der Waals surface area contributed by atoms with Gasteiger partial charge in [0.2, 0.25) is 23.6 Å². The largest absolute Gasteiger partial charge is 0.296 e. The summed E-state index contributed by atoms with van der Waals surface area (Å²) in [6.45, 7) is 1.86. The van der Waals surface area contributed by atoms with Crippen LogP contribution < -0.4 is 10.6 Å². The average molecular weight is 286 g/mol. The first-order chi connectivity index (χ1) is 9.95. The summed E-state index contributed by atoms with van der Waals surface area (Å²) in [5.41, 5.74) is 2.33. The van der Waals surface area contributed by atoms with Crippen molar-refractivity contribution >= 4 is 23.6 Å². The van der Waals surface area contributed by atoms with Crippen LogP contribution in [-0.4, -0.2) is 23.6 Å². The molecule has 0 radical (unpaired) electrons. The Balaban J connectivity index is 1.97. The quantitative estimate of drug-likeness (QED) is 0.762. The van der Waals surface area contributed by atoms with Crippen LogP contribution in [0.2, 0.25) is 0 Å². The molecule has 2 aliphatic heterocycles. The van der Waals surface area contributed by atoms with Gasteiger partial charge in [-0.1, -0.05) is 18.2 Å². The van der Waals surface area contributed by atoms with Gasteiger partial charge in [0.05, 0.1) is 11.8 Å². The predicted octanol–water partition coefficient (Wildman–Crippen LogP) is 0.255. The fourth-order valence-electron chi connectivity index (χ4n) is 2.88. The van der Waals surface area contributed by atoms with E-state index in [0.29, 0.717) is 5.56 Å². The van der Waals surface area contributed by atoms with E-state index < -0.39 is 11.8 Å². The van der Waals surface area contributed by atoms with Crippen molar-refractivity contribution in [2.75, 3.05) is 0 Å². The number of aryl methyl sites for hydroxylation is 1. The summed E-state index contributed by atoms with van der Waals surface area (Å²) < 4.78 is 0. The van der Waals surface area contributed by atoms with Crippen LogP contribution >= 0.6 is 0 Å². The van der Waals surface area contributed by atoms with Gasteiger partial charge in [-0.2, -0.15) is 0 Å².